The number of aromatic nitrogens is 3. The van der Waals surface area contributed by atoms with Gasteiger partial charge >= 0.3 is 0 Å². The van der Waals surface area contributed by atoms with Gasteiger partial charge in [0.25, 0.3) is 15.8 Å². The molecule has 0 aromatic carbocycles. The average Bonchev–Trinajstić information content (AvgIpc) is 3.52. The summed E-state index contributed by atoms with van der Waals surface area (Å²) in [5, 5.41) is 4.19. The first kappa shape index (κ1) is 26.0. The molecular formula is C24H38N6O4S. The molecule has 11 heteroatoms. The number of hydrogen-bond acceptors (Lipinski definition) is 7. The van der Waals surface area contributed by atoms with Gasteiger partial charge in [-0.25, -0.2) is 4.98 Å². The van der Waals surface area contributed by atoms with Crippen LogP contribution in [-0.2, 0) is 14.9 Å². The van der Waals surface area contributed by atoms with Crippen molar-refractivity contribution in [2.24, 2.45) is 5.92 Å². The minimum Gasteiger partial charge on any atom is -0.377 e. The zero-order chi connectivity index (χ0) is 25.0. The van der Waals surface area contributed by atoms with Crippen LogP contribution < -0.4 is 15.6 Å². The Kier molecular flexibility index (Phi) is 8.41. The van der Waals surface area contributed by atoms with E-state index in [0.29, 0.717) is 43.6 Å². The van der Waals surface area contributed by atoms with Gasteiger partial charge in [0, 0.05) is 56.5 Å². The molecule has 0 bridgehead atoms. The Hall–Kier alpha value is -2.08. The van der Waals surface area contributed by atoms with E-state index in [9.17, 15) is 13.2 Å². The molecule has 3 heterocycles. The Labute approximate surface area is 207 Å². The van der Waals surface area contributed by atoms with Crippen molar-refractivity contribution in [2.75, 3.05) is 32.1 Å². The molecule has 0 radical (unpaired) electrons. The number of pyridine rings is 1. The van der Waals surface area contributed by atoms with E-state index in [-0.39, 0.29) is 23.7 Å². The molecule has 194 valence electrons. The quantitative estimate of drug-likeness (QED) is 0.481. The largest absolute Gasteiger partial charge is 0.377 e. The molecule has 1 saturated heterocycles. The van der Waals surface area contributed by atoms with Crippen LogP contribution in [0.2, 0.25) is 0 Å². The molecule has 1 saturated carbocycles. The summed E-state index contributed by atoms with van der Waals surface area (Å²) in [7, 11) is -1.99. The van der Waals surface area contributed by atoms with E-state index in [1.165, 1.54) is 4.31 Å². The number of ether oxygens (including phenoxy) is 1. The number of nitrogens with zero attached hydrogens (tertiary/aromatic N) is 4. The number of rotatable bonds is 11. The number of nitrogens with one attached hydrogen (secondary N) is 2. The van der Waals surface area contributed by atoms with Gasteiger partial charge < -0.3 is 10.1 Å². The second-order valence-corrected chi connectivity index (χ2v) is 11.7. The lowest BCUT2D eigenvalue weighted by Crippen LogP contribution is -2.42. The molecule has 2 aliphatic rings. The van der Waals surface area contributed by atoms with Crippen LogP contribution in [0.1, 0.15) is 64.8 Å². The summed E-state index contributed by atoms with van der Waals surface area (Å²) in [5.74, 6) is 0.885. The molecule has 4 atom stereocenters. The Morgan fingerprint density at radius 1 is 1.26 bits per heavy atom. The molecule has 0 spiro atoms. The summed E-state index contributed by atoms with van der Waals surface area (Å²) in [5.41, 5.74) is 0.622. The predicted molar refractivity (Wildman–Crippen MR) is 137 cm³/mol. The first-order chi connectivity index (χ1) is 16.8. The van der Waals surface area contributed by atoms with Crippen LogP contribution in [0.5, 0.6) is 0 Å². The van der Waals surface area contributed by atoms with E-state index >= 15 is 0 Å². The minimum atomic E-state index is -3.57. The fourth-order valence-electron chi connectivity index (χ4n) is 5.07. The maximum Gasteiger partial charge on any atom is 0.279 e. The molecule has 1 unspecified atom stereocenters. The van der Waals surface area contributed by atoms with Gasteiger partial charge in [-0.15, -0.1) is 0 Å². The van der Waals surface area contributed by atoms with Crippen molar-refractivity contribution in [2.45, 2.75) is 77.0 Å². The molecule has 0 amide bonds. The molecule has 2 aromatic rings. The Bertz CT molecular complexity index is 1160. The van der Waals surface area contributed by atoms with Crippen LogP contribution >= 0.6 is 0 Å². The summed E-state index contributed by atoms with van der Waals surface area (Å²) in [4.78, 5) is 22.0. The smallest absolute Gasteiger partial charge is 0.279 e. The van der Waals surface area contributed by atoms with E-state index in [2.05, 4.69) is 21.9 Å². The van der Waals surface area contributed by atoms with Gasteiger partial charge in [-0.3, -0.25) is 9.36 Å². The molecular weight excluding hydrogens is 468 g/mol. The third kappa shape index (κ3) is 6.19. The second kappa shape index (κ2) is 11.3. The molecule has 4 rings (SSSR count). The third-order valence-electron chi connectivity index (χ3n) is 7.36. The van der Waals surface area contributed by atoms with Crippen LogP contribution in [-0.4, -0.2) is 66.1 Å². The third-order valence-corrected chi connectivity index (χ3v) is 8.90. The molecule has 2 N–H and O–H groups in total. The molecule has 2 aromatic heterocycles. The predicted octanol–water partition coefficient (Wildman–Crippen LogP) is 2.68. The summed E-state index contributed by atoms with van der Waals surface area (Å²) in [6.07, 6.45) is 8.13. The van der Waals surface area contributed by atoms with Gasteiger partial charge in [-0.2, -0.15) is 22.4 Å². The normalized spacial score (nSPS) is 23.8. The Morgan fingerprint density at radius 3 is 2.77 bits per heavy atom. The van der Waals surface area contributed by atoms with E-state index < -0.39 is 10.2 Å². The zero-order valence-corrected chi connectivity index (χ0v) is 21.8. The van der Waals surface area contributed by atoms with Crippen molar-refractivity contribution < 1.29 is 13.2 Å². The maximum atomic E-state index is 12.8. The van der Waals surface area contributed by atoms with E-state index in [4.69, 9.17) is 9.72 Å². The van der Waals surface area contributed by atoms with Crippen LogP contribution in [0, 0.1) is 5.92 Å². The van der Waals surface area contributed by atoms with Crippen molar-refractivity contribution in [3.8, 4) is 0 Å². The van der Waals surface area contributed by atoms with Crippen molar-refractivity contribution in [3.63, 3.8) is 0 Å². The first-order valence-electron chi connectivity index (χ1n) is 12.8. The van der Waals surface area contributed by atoms with Gasteiger partial charge in [0.2, 0.25) is 5.95 Å². The van der Waals surface area contributed by atoms with Crippen molar-refractivity contribution in [1.29, 1.82) is 0 Å². The Balaban J connectivity index is 1.42. The van der Waals surface area contributed by atoms with Gasteiger partial charge in [0.15, 0.2) is 0 Å². The summed E-state index contributed by atoms with van der Waals surface area (Å²) in [6.45, 7) is 5.58. The summed E-state index contributed by atoms with van der Waals surface area (Å²) >= 11 is 0. The van der Waals surface area contributed by atoms with Crippen LogP contribution in [0.25, 0.3) is 11.0 Å². The SMILES string of the molecule is CCC(CCN(C)S(=O)(=O)NC[C@@H]1CCCO1)Nc1ncc2ccc(=O)n([C@@H]3CCC[C@@H]3C)c2n1. The summed E-state index contributed by atoms with van der Waals surface area (Å²) in [6, 6.07) is 3.51. The van der Waals surface area contributed by atoms with Gasteiger partial charge in [-0.1, -0.05) is 20.3 Å². The standard InChI is InChI=1S/C24H38N6O4S/c1-4-19(12-13-29(3)35(32,33)26-16-20-8-6-14-34-20)27-24-25-15-18-10-11-22(31)30(23(18)28-24)21-9-5-7-17(21)2/h10-11,15,17,19-21,26H,4-9,12-14,16H2,1-3H3,(H,25,27,28)/t17-,19?,20-,21+/m0/s1. The minimum absolute atomic E-state index is 0.0162. The topological polar surface area (TPSA) is 118 Å². The fourth-order valence-corrected chi connectivity index (χ4v) is 6.03. The van der Waals surface area contributed by atoms with Crippen molar-refractivity contribution in [3.05, 3.63) is 28.7 Å². The van der Waals surface area contributed by atoms with Gasteiger partial charge in [-0.05, 0) is 50.5 Å². The molecule has 2 fully saturated rings. The summed E-state index contributed by atoms with van der Waals surface area (Å²) < 4.78 is 36.5. The highest BCUT2D eigenvalue weighted by Gasteiger charge is 2.27. The lowest BCUT2D eigenvalue weighted by atomic mass is 10.1. The fraction of sp³-hybridized carbons (Fsp3) is 0.708. The highest BCUT2D eigenvalue weighted by molar-refractivity contribution is 7.87. The molecule has 1 aliphatic heterocycles. The molecule has 1 aliphatic carbocycles. The number of anilines is 1. The number of hydrogen-bond donors (Lipinski definition) is 2. The number of fused-ring (bicyclic) bond motifs is 1. The van der Waals surface area contributed by atoms with Crippen molar-refractivity contribution in [1.82, 2.24) is 23.6 Å². The van der Waals surface area contributed by atoms with Crippen LogP contribution in [0.15, 0.2) is 23.1 Å². The average molecular weight is 507 g/mol. The van der Waals surface area contributed by atoms with Gasteiger partial charge in [0.1, 0.15) is 5.65 Å². The lowest BCUT2D eigenvalue weighted by molar-refractivity contribution is 0.114. The van der Waals surface area contributed by atoms with Crippen molar-refractivity contribution >= 4 is 27.2 Å². The highest BCUT2D eigenvalue weighted by Crippen LogP contribution is 2.35. The van der Waals surface area contributed by atoms with E-state index in [1.54, 1.807) is 25.4 Å². The van der Waals surface area contributed by atoms with Crippen LogP contribution in [0.3, 0.4) is 0 Å². The van der Waals surface area contributed by atoms with E-state index in [1.807, 2.05) is 11.5 Å². The second-order valence-electron chi connectivity index (χ2n) is 9.84. The first-order valence-corrected chi connectivity index (χ1v) is 14.2. The highest BCUT2D eigenvalue weighted by atomic mass is 32.2. The van der Waals surface area contributed by atoms with Gasteiger partial charge in [0.05, 0.1) is 6.10 Å². The Morgan fingerprint density at radius 2 is 2.09 bits per heavy atom. The van der Waals surface area contributed by atoms with Crippen LogP contribution in [0.4, 0.5) is 5.95 Å². The monoisotopic (exact) mass is 506 g/mol. The molecule has 35 heavy (non-hydrogen) atoms. The van der Waals surface area contributed by atoms with E-state index in [0.717, 1.165) is 43.9 Å². The zero-order valence-electron chi connectivity index (χ0n) is 20.9. The molecule has 10 nitrogen and oxygen atoms in total. The maximum absolute atomic E-state index is 12.8. The lowest BCUT2D eigenvalue weighted by Gasteiger charge is -2.23.